The number of anilines is 1. The lowest BCUT2D eigenvalue weighted by molar-refractivity contribution is -0.784. The molecule has 1 aliphatic heterocycles. The first-order chi connectivity index (χ1) is 24.4. The predicted octanol–water partition coefficient (Wildman–Crippen LogP) is 11.9. The van der Waals surface area contributed by atoms with Crippen LogP contribution in [0.4, 0.5) is 10.5 Å². The van der Waals surface area contributed by atoms with Crippen molar-refractivity contribution in [1.29, 1.82) is 0 Å². The summed E-state index contributed by atoms with van der Waals surface area (Å²) >= 11 is 7.21. The van der Waals surface area contributed by atoms with Crippen LogP contribution in [0.15, 0.2) is 117 Å². The van der Waals surface area contributed by atoms with Gasteiger partial charge in [0.15, 0.2) is 0 Å². The first-order valence-electron chi connectivity index (χ1n) is 17.1. The molecule has 0 unspecified atom stereocenters. The molecular weight excluding hydrogens is 902 g/mol. The van der Waals surface area contributed by atoms with Crippen LogP contribution in [0, 0.1) is 10.8 Å². The van der Waals surface area contributed by atoms with Gasteiger partial charge in [-0.1, -0.05) is 128 Å². The summed E-state index contributed by atoms with van der Waals surface area (Å²) in [6.07, 6.45) is 21.2. The molecule has 272 valence electrons. The Morgan fingerprint density at radius 2 is 1.57 bits per heavy atom. The van der Waals surface area contributed by atoms with Crippen molar-refractivity contribution < 1.29 is 24.5 Å². The van der Waals surface area contributed by atoms with Crippen molar-refractivity contribution >= 4 is 94.2 Å². The molecule has 51 heavy (non-hydrogen) atoms. The zero-order valence-corrected chi connectivity index (χ0v) is 36.5. The Labute approximate surface area is 339 Å². The van der Waals surface area contributed by atoms with E-state index in [-0.39, 0.29) is 10.8 Å². The second-order valence-corrected chi connectivity index (χ2v) is 17.1. The quantitative estimate of drug-likeness (QED) is 0.0587. The van der Waals surface area contributed by atoms with Crippen LogP contribution >= 0.6 is 68.3 Å². The van der Waals surface area contributed by atoms with Gasteiger partial charge < -0.3 is 10.2 Å². The van der Waals surface area contributed by atoms with Crippen LogP contribution in [0.25, 0.3) is 16.3 Å². The molecule has 1 aromatic heterocycles. The van der Waals surface area contributed by atoms with Gasteiger partial charge in [0.1, 0.15) is 11.2 Å². The maximum atomic E-state index is 9.48. The minimum Gasteiger partial charge on any atom is -0.681 e. The van der Waals surface area contributed by atoms with E-state index in [0.29, 0.717) is 0 Å². The van der Waals surface area contributed by atoms with E-state index >= 15 is 0 Å². The molecule has 0 atom stereocenters. The first-order valence-corrected chi connectivity index (χ1v) is 22.0. The van der Waals surface area contributed by atoms with Crippen molar-refractivity contribution in [2.24, 2.45) is 10.8 Å². The summed E-state index contributed by atoms with van der Waals surface area (Å²) in [5, 5.41) is 14.2. The van der Waals surface area contributed by atoms with Crippen molar-refractivity contribution in [2.45, 2.75) is 78.7 Å². The molecule has 3 aliphatic rings. The van der Waals surface area contributed by atoms with E-state index in [0.717, 1.165) is 38.8 Å². The van der Waals surface area contributed by atoms with Crippen LogP contribution < -0.4 is 14.7 Å². The number of allylic oxidation sites excluding steroid dienone is 10. The van der Waals surface area contributed by atoms with E-state index in [4.69, 9.17) is 5.26 Å². The number of carbonyl (C=O) groups is 1. The highest BCUT2D eigenvalue weighted by Crippen LogP contribution is 2.47. The lowest BCUT2D eigenvalue weighted by Gasteiger charge is -2.31. The Morgan fingerprint density at radius 3 is 2.24 bits per heavy atom. The molecule has 3 aromatic rings. The minimum atomic E-state index is -0.775. The smallest absolute Gasteiger partial charge is 0.399 e. The standard InChI is InChI=1S/C39H45N2S2.CHIO4.CH3I/c1-7-40-32-16-9-11-18-34(32)42-36(40)22-30-20-28(24-38(3,4)26-30)14-13-15-29-21-31(27-39(5,6)25-29)23-37-41(8-2)33-17-10-12-19-35(33)43-37;2-1(3)5-6-4;1-2/h9-23H,7-8,24-27H2,1-6H3;4H;1H3/q+1;;/p-1. The highest BCUT2D eigenvalue weighted by molar-refractivity contribution is 14.1. The number of aromatic nitrogens is 1. The Balaban J connectivity index is 0.000000662. The Bertz CT molecular complexity index is 1880. The number of nitrogens with zero attached hydrogens (tertiary/aromatic N) is 2. The molecule has 0 saturated carbocycles. The van der Waals surface area contributed by atoms with E-state index in [1.807, 2.05) is 28.0 Å². The molecule has 2 aliphatic carbocycles. The molecule has 0 N–H and O–H groups in total. The molecule has 0 radical (unpaired) electrons. The van der Waals surface area contributed by atoms with Crippen LogP contribution in [-0.2, 0) is 16.5 Å². The molecule has 2 aromatic carbocycles. The second kappa shape index (κ2) is 19.2. The fourth-order valence-electron chi connectivity index (χ4n) is 7.03. The summed E-state index contributed by atoms with van der Waals surface area (Å²) in [5.41, 5.74) is 8.87. The van der Waals surface area contributed by atoms with Gasteiger partial charge in [0.05, 0.1) is 33.3 Å². The van der Waals surface area contributed by atoms with Crippen molar-refractivity contribution in [3.8, 4) is 0 Å². The molecule has 0 amide bonds. The average molecular weight is 951 g/mol. The van der Waals surface area contributed by atoms with Gasteiger partial charge in [-0.15, -0.1) is 0 Å². The van der Waals surface area contributed by atoms with E-state index in [2.05, 4.69) is 175 Å². The first kappa shape index (κ1) is 41.5. The average Bonchev–Trinajstić information content (AvgIpc) is 3.60. The minimum absolute atomic E-state index is 0.245. The highest BCUT2D eigenvalue weighted by atomic mass is 127. The number of para-hydroxylation sites is 2. The number of thiazole rings is 1. The van der Waals surface area contributed by atoms with Gasteiger partial charge in [-0.05, 0) is 102 Å². The summed E-state index contributed by atoms with van der Waals surface area (Å²) in [6.45, 7) is 16.1. The highest BCUT2D eigenvalue weighted by Gasteiger charge is 2.29. The predicted molar refractivity (Wildman–Crippen MR) is 230 cm³/mol. The van der Waals surface area contributed by atoms with Crippen molar-refractivity contribution in [2.75, 3.05) is 16.4 Å². The third kappa shape index (κ3) is 11.6. The monoisotopic (exact) mass is 950 g/mol. The topological polar surface area (TPSA) is 65.7 Å². The molecule has 6 rings (SSSR count). The molecule has 10 heteroatoms. The number of aryl methyl sites for hydroxylation is 1. The number of fused-ring (bicyclic) bond motifs is 2. The number of carbonyl (C=O) groups excluding carboxylic acids is 1. The molecule has 2 heterocycles. The Morgan fingerprint density at radius 1 is 0.922 bits per heavy atom. The molecular formula is C41H48I2N2O4S2. The number of benzene rings is 2. The number of hydrogen-bond donors (Lipinski definition) is 0. The van der Waals surface area contributed by atoms with Gasteiger partial charge in [0.25, 0.3) is 5.01 Å². The number of alkyl halides is 1. The van der Waals surface area contributed by atoms with Gasteiger partial charge in [0.2, 0.25) is 5.52 Å². The number of thioether (sulfide) groups is 1. The van der Waals surface area contributed by atoms with Gasteiger partial charge in [-0.2, -0.15) is 4.57 Å². The van der Waals surface area contributed by atoms with Crippen LogP contribution in [0.2, 0.25) is 0 Å². The SMILES string of the molecule is CCN1/C(=C/C2=CC(=C/C=C/C3=CC(=C/c4sc5ccccc5[n+]4CC)/CC(C)(C)C3)/CC(C)(C)C2)Sc2ccccc21.CI.O=C(I)OO[O-]. The summed E-state index contributed by atoms with van der Waals surface area (Å²) in [7, 11) is 0. The summed E-state index contributed by atoms with van der Waals surface area (Å²) in [6, 6.07) is 17.6. The van der Waals surface area contributed by atoms with E-state index in [1.54, 1.807) is 0 Å². The molecule has 6 nitrogen and oxygen atoms in total. The molecule has 0 fully saturated rings. The fourth-order valence-corrected chi connectivity index (χ4v) is 9.51. The molecule has 0 bridgehead atoms. The van der Waals surface area contributed by atoms with Crippen LogP contribution in [0.3, 0.4) is 0 Å². The van der Waals surface area contributed by atoms with Gasteiger partial charge in [-0.3, -0.25) is 4.89 Å². The lowest BCUT2D eigenvalue weighted by Crippen LogP contribution is -2.33. The lowest BCUT2D eigenvalue weighted by atomic mass is 9.74. The largest absolute Gasteiger partial charge is 0.681 e. The fraction of sp³-hybridized carbons (Fsp3) is 0.366. The van der Waals surface area contributed by atoms with Crippen molar-refractivity contribution in [1.82, 2.24) is 0 Å². The van der Waals surface area contributed by atoms with Gasteiger partial charge >= 0.3 is 3.98 Å². The third-order valence-electron chi connectivity index (χ3n) is 8.72. The van der Waals surface area contributed by atoms with Gasteiger partial charge in [-0.25, -0.2) is 9.83 Å². The third-order valence-corrected chi connectivity index (χ3v) is 11.1. The number of halogens is 2. The molecule has 0 spiro atoms. The van der Waals surface area contributed by atoms with Crippen LogP contribution in [-0.4, -0.2) is 15.5 Å². The maximum absolute atomic E-state index is 9.48. The number of rotatable bonds is 7. The molecule has 0 saturated heterocycles. The van der Waals surface area contributed by atoms with Crippen molar-refractivity contribution in [3.63, 3.8) is 0 Å². The zero-order valence-electron chi connectivity index (χ0n) is 30.5. The Hall–Kier alpha value is -2.23. The van der Waals surface area contributed by atoms with Crippen LogP contribution in [0.5, 0.6) is 0 Å². The summed E-state index contributed by atoms with van der Waals surface area (Å²) in [5.74, 6) is 0. The van der Waals surface area contributed by atoms with E-state index < -0.39 is 3.98 Å². The van der Waals surface area contributed by atoms with Crippen LogP contribution in [0.1, 0.15) is 72.2 Å². The maximum Gasteiger partial charge on any atom is 0.399 e. The van der Waals surface area contributed by atoms with Crippen molar-refractivity contribution in [3.05, 3.63) is 117 Å². The zero-order chi connectivity index (χ0) is 37.2. The van der Waals surface area contributed by atoms with Gasteiger partial charge in [0, 0.05) is 23.6 Å². The summed E-state index contributed by atoms with van der Waals surface area (Å²) in [4.78, 5) is 18.6. The normalized spacial score (nSPS) is 20.0. The van der Waals surface area contributed by atoms with E-state index in [9.17, 15) is 4.79 Å². The second-order valence-electron chi connectivity index (χ2n) is 14.1. The summed E-state index contributed by atoms with van der Waals surface area (Å²) < 4.78 is 3.04. The van der Waals surface area contributed by atoms with E-state index in [1.165, 1.54) is 75.7 Å². The Kier molecular flexibility index (Phi) is 15.6. The number of hydrogen-bond acceptors (Lipinski definition) is 7.